The van der Waals surface area contributed by atoms with E-state index < -0.39 is 0 Å². The summed E-state index contributed by atoms with van der Waals surface area (Å²) >= 11 is 0. The number of hydrogen-bond acceptors (Lipinski definition) is 8. The number of β-amino-alcohol motifs (C(OH)–C–C–N with tert-alkyl or cyclic N) is 1. The first kappa shape index (κ1) is 18.3. The SMILES string of the molecule is O=C(NCc1nc(-c2ccccc2)no1)c1cc(CN2CCC[C@H](O)C2)on1. The molecule has 4 rings (SSSR count). The second-order valence-corrected chi connectivity index (χ2v) is 6.77. The van der Waals surface area contributed by atoms with Gasteiger partial charge >= 0.3 is 0 Å². The van der Waals surface area contributed by atoms with Crippen molar-refractivity contribution in [2.75, 3.05) is 13.1 Å². The number of aliphatic hydroxyl groups is 1. The molecule has 3 heterocycles. The van der Waals surface area contributed by atoms with E-state index in [1.54, 1.807) is 6.07 Å². The molecule has 0 unspecified atom stereocenters. The first-order chi connectivity index (χ1) is 13.7. The van der Waals surface area contributed by atoms with Crippen LogP contribution in [-0.2, 0) is 13.1 Å². The van der Waals surface area contributed by atoms with Gasteiger partial charge in [-0.3, -0.25) is 9.69 Å². The number of nitrogens with one attached hydrogen (secondary N) is 1. The normalized spacial score (nSPS) is 17.5. The summed E-state index contributed by atoms with van der Waals surface area (Å²) in [5.74, 6) is 0.979. The van der Waals surface area contributed by atoms with Crippen LogP contribution in [0.25, 0.3) is 11.4 Å². The smallest absolute Gasteiger partial charge is 0.273 e. The van der Waals surface area contributed by atoms with E-state index >= 15 is 0 Å². The summed E-state index contributed by atoms with van der Waals surface area (Å²) in [4.78, 5) is 18.6. The summed E-state index contributed by atoms with van der Waals surface area (Å²) in [7, 11) is 0. The minimum Gasteiger partial charge on any atom is -0.392 e. The standard InChI is InChI=1S/C19H21N5O4/c25-14-7-4-8-24(11-14)12-15-9-16(22-27-15)19(26)20-10-17-21-18(23-28-17)13-5-2-1-3-6-13/h1-3,5-6,9,14,25H,4,7-8,10-12H2,(H,20,26)/t14-/m0/s1. The van der Waals surface area contributed by atoms with Crippen LogP contribution in [0, 0.1) is 0 Å². The fourth-order valence-corrected chi connectivity index (χ4v) is 3.17. The second-order valence-electron chi connectivity index (χ2n) is 6.77. The van der Waals surface area contributed by atoms with Crippen LogP contribution < -0.4 is 5.32 Å². The zero-order chi connectivity index (χ0) is 19.3. The molecule has 1 atom stereocenters. The molecule has 9 heteroatoms. The quantitative estimate of drug-likeness (QED) is 0.659. The summed E-state index contributed by atoms with van der Waals surface area (Å²) < 4.78 is 10.4. The first-order valence-electron chi connectivity index (χ1n) is 9.19. The summed E-state index contributed by atoms with van der Waals surface area (Å²) in [5.41, 5.74) is 1.03. The summed E-state index contributed by atoms with van der Waals surface area (Å²) in [6, 6.07) is 11.1. The molecule has 0 aliphatic carbocycles. The lowest BCUT2D eigenvalue weighted by Gasteiger charge is -2.28. The molecule has 1 aromatic carbocycles. The zero-order valence-electron chi connectivity index (χ0n) is 15.2. The Labute approximate surface area is 161 Å². The van der Waals surface area contributed by atoms with E-state index in [1.807, 2.05) is 30.3 Å². The number of aromatic nitrogens is 3. The number of carbonyl (C=O) groups is 1. The van der Waals surface area contributed by atoms with Crippen LogP contribution in [-0.4, -0.2) is 50.4 Å². The van der Waals surface area contributed by atoms with Gasteiger partial charge < -0.3 is 19.5 Å². The molecular weight excluding hydrogens is 362 g/mol. The van der Waals surface area contributed by atoms with Crippen LogP contribution in [0.1, 0.15) is 35.0 Å². The Kier molecular flexibility index (Phi) is 5.45. The van der Waals surface area contributed by atoms with Crippen LogP contribution in [0.15, 0.2) is 45.4 Å². The van der Waals surface area contributed by atoms with Crippen LogP contribution in [0.4, 0.5) is 0 Å². The molecule has 0 spiro atoms. The van der Waals surface area contributed by atoms with Crippen molar-refractivity contribution < 1.29 is 18.9 Å². The van der Waals surface area contributed by atoms with E-state index in [0.29, 0.717) is 30.6 Å². The van der Waals surface area contributed by atoms with Gasteiger partial charge in [-0.15, -0.1) is 0 Å². The predicted octanol–water partition coefficient (Wildman–Crippen LogP) is 1.61. The Morgan fingerprint density at radius 1 is 1.25 bits per heavy atom. The minimum atomic E-state index is -0.381. The minimum absolute atomic E-state index is 0.0964. The number of carbonyl (C=O) groups excluding carboxylic acids is 1. The van der Waals surface area contributed by atoms with Gasteiger partial charge in [0, 0.05) is 18.2 Å². The molecule has 28 heavy (non-hydrogen) atoms. The van der Waals surface area contributed by atoms with E-state index in [9.17, 15) is 9.90 Å². The highest BCUT2D eigenvalue weighted by Crippen LogP contribution is 2.16. The number of piperidine rings is 1. The summed E-state index contributed by atoms with van der Waals surface area (Å²) in [6.45, 7) is 2.10. The molecule has 9 nitrogen and oxygen atoms in total. The number of likely N-dealkylation sites (tertiary alicyclic amines) is 1. The highest BCUT2D eigenvalue weighted by Gasteiger charge is 2.20. The molecule has 1 aliphatic heterocycles. The highest BCUT2D eigenvalue weighted by atomic mass is 16.5. The lowest BCUT2D eigenvalue weighted by atomic mass is 10.1. The van der Waals surface area contributed by atoms with Gasteiger partial charge in [-0.25, -0.2) is 0 Å². The third kappa shape index (κ3) is 4.44. The maximum Gasteiger partial charge on any atom is 0.273 e. The molecule has 0 saturated carbocycles. The van der Waals surface area contributed by atoms with Gasteiger partial charge in [0.25, 0.3) is 5.91 Å². The van der Waals surface area contributed by atoms with Gasteiger partial charge in [-0.05, 0) is 19.4 Å². The van der Waals surface area contributed by atoms with Gasteiger partial charge in [0.2, 0.25) is 11.7 Å². The topological polar surface area (TPSA) is 118 Å². The Morgan fingerprint density at radius 2 is 2.11 bits per heavy atom. The van der Waals surface area contributed by atoms with E-state index in [-0.39, 0.29) is 24.2 Å². The molecule has 1 aliphatic rings. The molecule has 0 bridgehead atoms. The maximum atomic E-state index is 12.3. The fourth-order valence-electron chi connectivity index (χ4n) is 3.17. The monoisotopic (exact) mass is 383 g/mol. The van der Waals surface area contributed by atoms with Crippen molar-refractivity contribution in [2.45, 2.75) is 32.0 Å². The lowest BCUT2D eigenvalue weighted by Crippen LogP contribution is -2.37. The van der Waals surface area contributed by atoms with Crippen molar-refractivity contribution >= 4 is 5.91 Å². The Balaban J connectivity index is 1.31. The second kappa shape index (κ2) is 8.32. The summed E-state index contributed by atoms with van der Waals surface area (Å²) in [6.07, 6.45) is 1.45. The van der Waals surface area contributed by atoms with Gasteiger partial charge in [-0.1, -0.05) is 40.6 Å². The van der Waals surface area contributed by atoms with Crippen molar-refractivity contribution in [2.24, 2.45) is 0 Å². The number of rotatable bonds is 6. The van der Waals surface area contributed by atoms with E-state index in [0.717, 1.165) is 24.9 Å². The van der Waals surface area contributed by atoms with E-state index in [4.69, 9.17) is 9.05 Å². The predicted molar refractivity (Wildman–Crippen MR) is 97.9 cm³/mol. The van der Waals surface area contributed by atoms with Crippen LogP contribution in [0.2, 0.25) is 0 Å². The molecule has 1 fully saturated rings. The van der Waals surface area contributed by atoms with Gasteiger partial charge in [0.05, 0.1) is 19.2 Å². The van der Waals surface area contributed by atoms with Crippen molar-refractivity contribution in [3.05, 3.63) is 53.7 Å². The van der Waals surface area contributed by atoms with Crippen LogP contribution >= 0.6 is 0 Å². The van der Waals surface area contributed by atoms with Crippen molar-refractivity contribution in [1.29, 1.82) is 0 Å². The third-order valence-electron chi connectivity index (χ3n) is 4.55. The van der Waals surface area contributed by atoms with Gasteiger partial charge in [0.1, 0.15) is 0 Å². The first-order valence-corrected chi connectivity index (χ1v) is 9.19. The van der Waals surface area contributed by atoms with Crippen molar-refractivity contribution in [1.82, 2.24) is 25.5 Å². The summed E-state index contributed by atoms with van der Waals surface area (Å²) in [5, 5.41) is 20.2. The van der Waals surface area contributed by atoms with Crippen LogP contribution in [0.3, 0.4) is 0 Å². The van der Waals surface area contributed by atoms with Crippen molar-refractivity contribution in [3.8, 4) is 11.4 Å². The molecule has 0 radical (unpaired) electrons. The molecule has 1 amide bonds. The molecule has 3 aromatic rings. The molecule has 2 N–H and O–H groups in total. The molecule has 1 saturated heterocycles. The molecular formula is C19H21N5O4. The number of aliphatic hydroxyl groups excluding tert-OH is 1. The van der Waals surface area contributed by atoms with Gasteiger partial charge in [0.15, 0.2) is 11.5 Å². The van der Waals surface area contributed by atoms with Gasteiger partial charge in [-0.2, -0.15) is 4.98 Å². The Bertz CT molecular complexity index is 923. The number of benzene rings is 1. The number of hydrogen-bond donors (Lipinski definition) is 2. The average molecular weight is 383 g/mol. The Morgan fingerprint density at radius 3 is 2.93 bits per heavy atom. The molecule has 146 valence electrons. The Hall–Kier alpha value is -3.04. The largest absolute Gasteiger partial charge is 0.392 e. The average Bonchev–Trinajstić information content (AvgIpc) is 3.37. The van der Waals surface area contributed by atoms with E-state index in [2.05, 4.69) is 25.5 Å². The maximum absolute atomic E-state index is 12.3. The zero-order valence-corrected chi connectivity index (χ0v) is 15.2. The lowest BCUT2D eigenvalue weighted by molar-refractivity contribution is 0.0622. The van der Waals surface area contributed by atoms with Crippen LogP contribution in [0.5, 0.6) is 0 Å². The highest BCUT2D eigenvalue weighted by molar-refractivity contribution is 5.92. The van der Waals surface area contributed by atoms with Crippen molar-refractivity contribution in [3.63, 3.8) is 0 Å². The van der Waals surface area contributed by atoms with E-state index in [1.165, 1.54) is 0 Å². The molecule has 2 aromatic heterocycles. The number of amides is 1. The third-order valence-corrected chi connectivity index (χ3v) is 4.55. The fraction of sp³-hybridized carbons (Fsp3) is 0.368. The number of nitrogens with zero attached hydrogens (tertiary/aromatic N) is 4.